The number of halogens is 1. The van der Waals surface area contributed by atoms with Crippen molar-refractivity contribution >= 4 is 35.1 Å². The molecule has 8 heteroatoms. The van der Waals surface area contributed by atoms with E-state index in [2.05, 4.69) is 56.3 Å². The van der Waals surface area contributed by atoms with Gasteiger partial charge in [-0.05, 0) is 37.0 Å². The quantitative estimate of drug-likeness (QED) is 0.583. The number of carbonyl (C=O) groups excluding carboxylic acids is 1. The third kappa shape index (κ3) is 4.20. The van der Waals surface area contributed by atoms with Gasteiger partial charge < -0.3 is 9.88 Å². The van der Waals surface area contributed by atoms with Crippen LogP contribution in [0.4, 0.5) is 5.82 Å². The molecule has 6 nitrogen and oxygen atoms in total. The van der Waals surface area contributed by atoms with Crippen LogP contribution in [0.1, 0.15) is 36.6 Å². The van der Waals surface area contributed by atoms with E-state index < -0.39 is 0 Å². The molecule has 2 aromatic heterocycles. The lowest BCUT2D eigenvalue weighted by molar-refractivity contribution is -0.113. The average molecular weight is 414 g/mol. The molecule has 28 heavy (non-hydrogen) atoms. The number of rotatable bonds is 7. The highest BCUT2D eigenvalue weighted by Crippen LogP contribution is 2.54. The zero-order valence-electron chi connectivity index (χ0n) is 15.4. The molecule has 1 aromatic carbocycles. The molecule has 144 valence electrons. The summed E-state index contributed by atoms with van der Waals surface area (Å²) in [5.74, 6) is 2.51. The number of hydrogen-bond acceptors (Lipinski definition) is 5. The van der Waals surface area contributed by atoms with E-state index >= 15 is 0 Å². The molecule has 1 amide bonds. The van der Waals surface area contributed by atoms with Crippen molar-refractivity contribution in [3.8, 4) is 0 Å². The maximum Gasteiger partial charge on any atom is 0.236 e. The van der Waals surface area contributed by atoms with Crippen molar-refractivity contribution in [2.75, 3.05) is 11.1 Å². The molecule has 0 saturated heterocycles. The number of pyridine rings is 1. The number of hydrogen-bond donors (Lipinski definition) is 1. The van der Waals surface area contributed by atoms with E-state index in [-0.39, 0.29) is 11.7 Å². The molecule has 1 aliphatic rings. The summed E-state index contributed by atoms with van der Waals surface area (Å²) in [4.78, 5) is 16.3. The number of amides is 1. The van der Waals surface area contributed by atoms with Gasteiger partial charge in [-0.3, -0.25) is 4.79 Å². The molecule has 0 aliphatic heterocycles. The predicted octanol–water partition coefficient (Wildman–Crippen LogP) is 4.35. The molecular formula is C20H20ClN5OS. The van der Waals surface area contributed by atoms with Crippen molar-refractivity contribution in [2.45, 2.75) is 36.9 Å². The topological polar surface area (TPSA) is 72.7 Å². The van der Waals surface area contributed by atoms with Gasteiger partial charge in [0, 0.05) is 18.7 Å². The van der Waals surface area contributed by atoms with Gasteiger partial charge in [0.05, 0.1) is 10.8 Å². The number of carbonyl (C=O) groups is 1. The minimum absolute atomic E-state index is 0.138. The summed E-state index contributed by atoms with van der Waals surface area (Å²) in [5, 5.41) is 12.8. The van der Waals surface area contributed by atoms with Crippen LogP contribution in [0.25, 0.3) is 0 Å². The second kappa shape index (κ2) is 8.32. The molecule has 1 N–H and O–H groups in total. The van der Waals surface area contributed by atoms with Gasteiger partial charge in [-0.15, -0.1) is 10.2 Å². The molecule has 4 rings (SSSR count). The van der Waals surface area contributed by atoms with Crippen molar-refractivity contribution in [3.63, 3.8) is 0 Å². The highest BCUT2D eigenvalue weighted by atomic mass is 35.5. The van der Waals surface area contributed by atoms with Gasteiger partial charge in [-0.25, -0.2) is 4.98 Å². The molecule has 0 radical (unpaired) electrons. The van der Waals surface area contributed by atoms with Crippen LogP contribution in [0, 0.1) is 0 Å². The largest absolute Gasteiger partial charge is 0.310 e. The molecule has 3 aromatic rings. The minimum atomic E-state index is -0.138. The number of thioether (sulfide) groups is 1. The zero-order valence-corrected chi connectivity index (χ0v) is 17.0. The maximum atomic E-state index is 12.2. The number of aromatic nitrogens is 4. The lowest BCUT2D eigenvalue weighted by Gasteiger charge is -2.08. The van der Waals surface area contributed by atoms with E-state index in [1.807, 2.05) is 6.07 Å². The van der Waals surface area contributed by atoms with Crippen LogP contribution in [0.2, 0.25) is 5.02 Å². The Balaban J connectivity index is 1.38. The smallest absolute Gasteiger partial charge is 0.236 e. The van der Waals surface area contributed by atoms with Crippen molar-refractivity contribution < 1.29 is 4.79 Å². The number of nitrogens with one attached hydrogen (secondary N) is 1. The Morgan fingerprint density at radius 3 is 2.75 bits per heavy atom. The Kier molecular flexibility index (Phi) is 5.64. The molecule has 1 fully saturated rings. The van der Waals surface area contributed by atoms with Gasteiger partial charge in [0.25, 0.3) is 0 Å². The highest BCUT2D eigenvalue weighted by molar-refractivity contribution is 7.99. The minimum Gasteiger partial charge on any atom is -0.310 e. The van der Waals surface area contributed by atoms with Crippen LogP contribution in [0.15, 0.2) is 53.8 Å². The summed E-state index contributed by atoms with van der Waals surface area (Å²) >= 11 is 7.20. The van der Waals surface area contributed by atoms with Crippen LogP contribution in [0.5, 0.6) is 0 Å². The number of nitrogens with zero attached hydrogens (tertiary/aromatic N) is 4. The second-order valence-electron chi connectivity index (χ2n) is 6.64. The monoisotopic (exact) mass is 413 g/mol. The van der Waals surface area contributed by atoms with Crippen LogP contribution in [-0.4, -0.2) is 31.4 Å². The van der Waals surface area contributed by atoms with E-state index in [1.54, 1.807) is 12.1 Å². The molecular weight excluding hydrogens is 394 g/mol. The van der Waals surface area contributed by atoms with Gasteiger partial charge in [-0.2, -0.15) is 0 Å². The summed E-state index contributed by atoms with van der Waals surface area (Å²) in [6, 6.07) is 13.9. The van der Waals surface area contributed by atoms with E-state index in [0.717, 1.165) is 23.9 Å². The van der Waals surface area contributed by atoms with Crippen LogP contribution in [0.3, 0.4) is 0 Å². The fourth-order valence-electron chi connectivity index (χ4n) is 3.29. The molecule has 0 spiro atoms. The fourth-order valence-corrected chi connectivity index (χ4v) is 4.21. The lowest BCUT2D eigenvalue weighted by atomic mass is 10.1. The normalized spacial score (nSPS) is 18.1. The Bertz CT molecular complexity index is 960. The first-order valence-electron chi connectivity index (χ1n) is 9.18. The second-order valence-corrected chi connectivity index (χ2v) is 8.02. The van der Waals surface area contributed by atoms with Gasteiger partial charge >= 0.3 is 0 Å². The molecule has 1 saturated carbocycles. The van der Waals surface area contributed by atoms with Crippen LogP contribution in [-0.2, 0) is 11.3 Å². The summed E-state index contributed by atoms with van der Waals surface area (Å²) < 4.78 is 2.12. The van der Waals surface area contributed by atoms with Gasteiger partial charge in [0.15, 0.2) is 5.16 Å². The maximum absolute atomic E-state index is 12.2. The fraction of sp³-hybridized carbons (Fsp3) is 0.300. The van der Waals surface area contributed by atoms with Crippen molar-refractivity contribution in [3.05, 3.63) is 65.1 Å². The summed E-state index contributed by atoms with van der Waals surface area (Å²) in [6.07, 6.45) is 2.60. The van der Waals surface area contributed by atoms with Crippen LogP contribution < -0.4 is 5.32 Å². The first kappa shape index (κ1) is 19.0. The Morgan fingerprint density at radius 2 is 2.04 bits per heavy atom. The van der Waals surface area contributed by atoms with Crippen LogP contribution >= 0.6 is 23.4 Å². The first-order valence-corrected chi connectivity index (χ1v) is 10.5. The summed E-state index contributed by atoms with van der Waals surface area (Å²) in [5.41, 5.74) is 1.35. The van der Waals surface area contributed by atoms with E-state index in [9.17, 15) is 4.79 Å². The van der Waals surface area contributed by atoms with Gasteiger partial charge in [0.1, 0.15) is 11.6 Å². The summed E-state index contributed by atoms with van der Waals surface area (Å²) in [7, 11) is 0. The predicted molar refractivity (Wildman–Crippen MR) is 111 cm³/mol. The highest BCUT2D eigenvalue weighted by Gasteiger charge is 2.43. The third-order valence-electron chi connectivity index (χ3n) is 4.74. The summed E-state index contributed by atoms with van der Waals surface area (Å²) in [6.45, 7) is 2.86. The lowest BCUT2D eigenvalue weighted by Crippen LogP contribution is -2.15. The first-order chi connectivity index (χ1) is 13.7. The molecule has 2 atom stereocenters. The van der Waals surface area contributed by atoms with Crippen molar-refractivity contribution in [2.24, 2.45) is 0 Å². The average Bonchev–Trinajstić information content (AvgIpc) is 3.41. The zero-order chi connectivity index (χ0) is 19.5. The van der Waals surface area contributed by atoms with E-state index in [1.165, 1.54) is 23.5 Å². The Labute approximate surface area is 172 Å². The number of benzene rings is 1. The molecule has 0 bridgehead atoms. The standard InChI is InChI=1S/C20H20ClN5OS/c1-2-26-19(16-10-15(16)13-6-4-3-5-7-13)24-25-20(26)28-12-18(27)23-17-9-8-14(21)11-22-17/h3-9,11,15-16H,2,10,12H2,1H3,(H,22,23,27). The number of anilines is 1. The molecule has 2 unspecified atom stereocenters. The third-order valence-corrected chi connectivity index (χ3v) is 5.93. The van der Waals surface area contributed by atoms with E-state index in [0.29, 0.717) is 22.7 Å². The molecule has 1 aliphatic carbocycles. The molecule has 2 heterocycles. The van der Waals surface area contributed by atoms with Crippen molar-refractivity contribution in [1.82, 2.24) is 19.7 Å². The SMILES string of the molecule is CCn1c(SCC(=O)Nc2ccc(Cl)cn2)nnc1C1CC1c1ccccc1. The Hall–Kier alpha value is -2.38. The van der Waals surface area contributed by atoms with E-state index in [4.69, 9.17) is 11.6 Å². The Morgan fingerprint density at radius 1 is 1.21 bits per heavy atom. The van der Waals surface area contributed by atoms with Gasteiger partial charge in [-0.1, -0.05) is 53.7 Å². The van der Waals surface area contributed by atoms with Gasteiger partial charge in [0.2, 0.25) is 5.91 Å². The van der Waals surface area contributed by atoms with Crippen molar-refractivity contribution in [1.29, 1.82) is 0 Å².